The fourth-order valence-electron chi connectivity index (χ4n) is 3.80. The molecule has 0 radical (unpaired) electrons. The van der Waals surface area contributed by atoms with Crippen molar-refractivity contribution < 1.29 is 9.13 Å². The van der Waals surface area contributed by atoms with Crippen molar-refractivity contribution in [2.75, 3.05) is 31.1 Å². The molecule has 0 aliphatic carbocycles. The molecule has 154 valence electrons. The Morgan fingerprint density at radius 2 is 1.87 bits per heavy atom. The zero-order valence-corrected chi connectivity index (χ0v) is 16.6. The van der Waals surface area contributed by atoms with Crippen molar-refractivity contribution in [3.05, 3.63) is 82.7 Å². The highest BCUT2D eigenvalue weighted by Gasteiger charge is 2.34. The van der Waals surface area contributed by atoms with Gasteiger partial charge in [-0.2, -0.15) is 0 Å². The first-order chi connectivity index (χ1) is 14.7. The van der Waals surface area contributed by atoms with E-state index in [9.17, 15) is 9.18 Å². The van der Waals surface area contributed by atoms with E-state index in [0.717, 1.165) is 24.5 Å². The maximum atomic E-state index is 13.0. The summed E-state index contributed by atoms with van der Waals surface area (Å²) in [5.74, 6) is 1.14. The molecular weight excluding hydrogens is 383 g/mol. The molecular formula is C23H23FN4O2. The second-order valence-corrected chi connectivity index (χ2v) is 7.81. The molecule has 0 unspecified atom stereocenters. The van der Waals surface area contributed by atoms with Gasteiger partial charge in [-0.1, -0.05) is 12.1 Å². The molecule has 5 rings (SSSR count). The first-order valence-corrected chi connectivity index (χ1v) is 10.2. The van der Waals surface area contributed by atoms with Crippen LogP contribution in [0, 0.1) is 5.82 Å². The van der Waals surface area contributed by atoms with Crippen LogP contribution >= 0.6 is 0 Å². The molecule has 0 amide bonds. The Balaban J connectivity index is 1.22. The molecule has 2 fully saturated rings. The predicted octanol–water partition coefficient (Wildman–Crippen LogP) is 2.84. The summed E-state index contributed by atoms with van der Waals surface area (Å²) < 4.78 is 20.2. The predicted molar refractivity (Wildman–Crippen MR) is 113 cm³/mol. The summed E-state index contributed by atoms with van der Waals surface area (Å²) in [7, 11) is 0. The first kappa shape index (κ1) is 18.8. The van der Waals surface area contributed by atoms with Crippen LogP contribution in [0.5, 0.6) is 5.75 Å². The highest BCUT2D eigenvalue weighted by atomic mass is 19.1. The summed E-state index contributed by atoms with van der Waals surface area (Å²) in [6.45, 7) is 4.75. The van der Waals surface area contributed by atoms with E-state index in [4.69, 9.17) is 4.74 Å². The van der Waals surface area contributed by atoms with Crippen molar-refractivity contribution in [2.24, 2.45) is 0 Å². The topological polar surface area (TPSA) is 50.6 Å². The molecule has 2 aliphatic heterocycles. The monoisotopic (exact) mass is 406 g/mol. The van der Waals surface area contributed by atoms with Crippen molar-refractivity contribution in [1.82, 2.24) is 14.5 Å². The average molecular weight is 406 g/mol. The molecule has 0 atom stereocenters. The zero-order valence-electron chi connectivity index (χ0n) is 16.6. The molecule has 0 N–H and O–H groups in total. The summed E-state index contributed by atoms with van der Waals surface area (Å²) in [4.78, 5) is 21.9. The Morgan fingerprint density at radius 1 is 1.07 bits per heavy atom. The third kappa shape index (κ3) is 3.80. The number of anilines is 1. The Kier molecular flexibility index (Phi) is 4.96. The average Bonchev–Trinajstić information content (AvgIpc) is 2.69. The van der Waals surface area contributed by atoms with E-state index in [1.807, 2.05) is 12.1 Å². The summed E-state index contributed by atoms with van der Waals surface area (Å²) in [5, 5.41) is 0. The number of likely N-dealkylation sites (tertiary alicyclic amines) is 1. The van der Waals surface area contributed by atoms with E-state index in [1.54, 1.807) is 35.2 Å². The standard InChI is InChI=1S/C23H23FN4O2/c24-18-4-2-17(3-5-18)16-30-21-8-11-28(23(29)12-21)19-6-7-22(25-13-19)27-14-20(15-27)26-9-1-10-26/h2-8,11-13,20H,1,9-10,14-16H2. The fraction of sp³-hybridized carbons (Fsp3) is 0.304. The largest absolute Gasteiger partial charge is 0.489 e. The molecule has 7 heteroatoms. The van der Waals surface area contributed by atoms with Crippen molar-refractivity contribution in [1.29, 1.82) is 0 Å². The van der Waals surface area contributed by atoms with Gasteiger partial charge in [0.15, 0.2) is 0 Å². The number of hydrogen-bond acceptors (Lipinski definition) is 5. The molecule has 2 aromatic heterocycles. The minimum absolute atomic E-state index is 0.192. The van der Waals surface area contributed by atoms with Crippen molar-refractivity contribution in [3.8, 4) is 11.4 Å². The van der Waals surface area contributed by atoms with E-state index >= 15 is 0 Å². The van der Waals surface area contributed by atoms with Gasteiger partial charge >= 0.3 is 0 Å². The minimum atomic E-state index is -0.286. The van der Waals surface area contributed by atoms with Gasteiger partial charge in [-0.05, 0) is 55.4 Å². The zero-order chi connectivity index (χ0) is 20.5. The van der Waals surface area contributed by atoms with Gasteiger partial charge in [0.2, 0.25) is 0 Å². The molecule has 30 heavy (non-hydrogen) atoms. The Morgan fingerprint density at radius 3 is 2.50 bits per heavy atom. The lowest BCUT2D eigenvalue weighted by Crippen LogP contribution is -2.63. The van der Waals surface area contributed by atoms with Crippen LogP contribution < -0.4 is 15.2 Å². The number of ether oxygens (including phenoxy) is 1. The molecule has 2 saturated heterocycles. The van der Waals surface area contributed by atoms with Crippen LogP contribution in [0.1, 0.15) is 12.0 Å². The smallest absolute Gasteiger partial charge is 0.258 e. The maximum Gasteiger partial charge on any atom is 0.258 e. The second-order valence-electron chi connectivity index (χ2n) is 7.81. The summed E-state index contributed by atoms with van der Waals surface area (Å²) in [5.41, 5.74) is 1.36. The first-order valence-electron chi connectivity index (χ1n) is 10.2. The molecule has 0 saturated carbocycles. The van der Waals surface area contributed by atoms with Gasteiger partial charge in [-0.25, -0.2) is 9.37 Å². The van der Waals surface area contributed by atoms with Crippen LogP contribution in [0.2, 0.25) is 0 Å². The van der Waals surface area contributed by atoms with E-state index in [1.165, 1.54) is 37.7 Å². The van der Waals surface area contributed by atoms with Crippen LogP contribution in [-0.2, 0) is 6.61 Å². The number of aromatic nitrogens is 2. The van der Waals surface area contributed by atoms with Gasteiger partial charge in [-0.3, -0.25) is 14.3 Å². The lowest BCUT2D eigenvalue weighted by molar-refractivity contribution is 0.0974. The number of nitrogens with zero attached hydrogens (tertiary/aromatic N) is 4. The van der Waals surface area contributed by atoms with Gasteiger partial charge in [0.1, 0.15) is 24.0 Å². The number of pyridine rings is 2. The summed E-state index contributed by atoms with van der Waals surface area (Å²) in [6.07, 6.45) is 4.73. The van der Waals surface area contributed by atoms with Gasteiger partial charge in [-0.15, -0.1) is 0 Å². The maximum absolute atomic E-state index is 13.0. The van der Waals surface area contributed by atoms with E-state index in [-0.39, 0.29) is 18.0 Å². The van der Waals surface area contributed by atoms with Crippen molar-refractivity contribution in [3.63, 3.8) is 0 Å². The van der Waals surface area contributed by atoms with Crippen molar-refractivity contribution >= 4 is 5.82 Å². The van der Waals surface area contributed by atoms with Gasteiger partial charge in [0.25, 0.3) is 5.56 Å². The fourth-order valence-corrected chi connectivity index (χ4v) is 3.80. The van der Waals surface area contributed by atoms with E-state index in [2.05, 4.69) is 14.8 Å². The normalized spacial score (nSPS) is 16.8. The van der Waals surface area contributed by atoms with Crippen molar-refractivity contribution in [2.45, 2.75) is 19.1 Å². The van der Waals surface area contributed by atoms with Crippen LogP contribution in [0.15, 0.2) is 65.7 Å². The lowest BCUT2D eigenvalue weighted by atomic mass is 10.0. The molecule has 2 aliphatic rings. The van der Waals surface area contributed by atoms with E-state index < -0.39 is 0 Å². The molecule has 1 aromatic carbocycles. The highest BCUT2D eigenvalue weighted by Crippen LogP contribution is 2.25. The Hall–Kier alpha value is -3.19. The van der Waals surface area contributed by atoms with Crippen LogP contribution in [-0.4, -0.2) is 46.7 Å². The van der Waals surface area contributed by atoms with Crippen LogP contribution in [0.25, 0.3) is 5.69 Å². The minimum Gasteiger partial charge on any atom is -0.489 e. The highest BCUT2D eigenvalue weighted by molar-refractivity contribution is 5.46. The molecule has 4 heterocycles. The number of halogens is 1. The molecule has 0 bridgehead atoms. The molecule has 0 spiro atoms. The van der Waals surface area contributed by atoms with E-state index in [0.29, 0.717) is 17.5 Å². The number of hydrogen-bond donors (Lipinski definition) is 0. The Labute approximate surface area is 174 Å². The van der Waals surface area contributed by atoms with Gasteiger partial charge in [0.05, 0.1) is 11.9 Å². The van der Waals surface area contributed by atoms with Crippen LogP contribution in [0.4, 0.5) is 10.2 Å². The van der Waals surface area contributed by atoms with Gasteiger partial charge < -0.3 is 9.64 Å². The summed E-state index contributed by atoms with van der Waals surface area (Å²) in [6, 6.07) is 13.8. The third-order valence-electron chi connectivity index (χ3n) is 5.81. The quantitative estimate of drug-likeness (QED) is 0.630. The third-order valence-corrected chi connectivity index (χ3v) is 5.81. The van der Waals surface area contributed by atoms with Gasteiger partial charge in [0, 0.05) is 31.4 Å². The lowest BCUT2D eigenvalue weighted by Gasteiger charge is -2.49. The summed E-state index contributed by atoms with van der Waals surface area (Å²) >= 11 is 0. The molecule has 6 nitrogen and oxygen atoms in total. The number of rotatable bonds is 6. The molecule has 3 aromatic rings. The SMILES string of the molecule is O=c1cc(OCc2ccc(F)cc2)ccn1-c1ccc(N2CC(N3CCC3)C2)nc1. The Bertz CT molecular complexity index is 1070. The van der Waals surface area contributed by atoms with Crippen LogP contribution in [0.3, 0.4) is 0 Å². The number of benzene rings is 1. The second kappa shape index (κ2) is 7.91.